The summed E-state index contributed by atoms with van der Waals surface area (Å²) >= 11 is 0. The molecule has 0 aromatic carbocycles. The molecule has 0 bridgehead atoms. The van der Waals surface area contributed by atoms with Gasteiger partial charge < -0.3 is 0 Å². The number of rotatable bonds is 1. The first kappa shape index (κ1) is 13.8. The Kier molecular flexibility index (Phi) is 3.00. The quantitative estimate of drug-likeness (QED) is 0.614. The lowest BCUT2D eigenvalue weighted by Crippen LogP contribution is -2.49. The van der Waals surface area contributed by atoms with E-state index in [1.807, 2.05) is 0 Å². The van der Waals surface area contributed by atoms with Gasteiger partial charge in [0.05, 0.1) is 0 Å². The molecule has 0 saturated heterocycles. The second-order valence-electron chi connectivity index (χ2n) is 8.56. The number of fused-ring (bicyclic) bond motifs is 5. The van der Waals surface area contributed by atoms with Gasteiger partial charge in [-0.05, 0) is 61.7 Å². The van der Waals surface area contributed by atoms with Gasteiger partial charge in [-0.1, -0.05) is 44.4 Å². The Bertz CT molecular complexity index is 528. The minimum Gasteiger partial charge on any atom is -0.298 e. The van der Waals surface area contributed by atoms with Gasteiger partial charge in [-0.3, -0.25) is 4.79 Å². The topological polar surface area (TPSA) is 17.1 Å². The van der Waals surface area contributed by atoms with E-state index < -0.39 is 0 Å². The van der Waals surface area contributed by atoms with Crippen LogP contribution in [-0.4, -0.2) is 6.29 Å². The fraction of sp³-hybridized carbons (Fsp3) is 0.750. The van der Waals surface area contributed by atoms with Crippen LogP contribution in [0.2, 0.25) is 0 Å². The molecule has 1 nitrogen and oxygen atoms in total. The maximum Gasteiger partial charge on any atom is 0.149 e. The molecule has 0 aromatic rings. The fourth-order valence-electron chi connectivity index (χ4n) is 6.45. The van der Waals surface area contributed by atoms with Crippen molar-refractivity contribution in [3.05, 3.63) is 23.3 Å². The molecule has 21 heavy (non-hydrogen) atoms. The number of allylic oxidation sites excluding steroid dienone is 4. The highest BCUT2D eigenvalue weighted by molar-refractivity contribution is 5.80. The minimum atomic E-state index is 0.190. The standard InChI is InChI=1S/C20H28O/c1-19-10-8-17-16(18(19)11-14(12-19)13-21)7-6-15-5-3-4-9-20(15,17)2/h11-13,15-17H,3-10H2,1-2H3. The summed E-state index contributed by atoms with van der Waals surface area (Å²) in [6.45, 7) is 4.96. The van der Waals surface area contributed by atoms with E-state index >= 15 is 0 Å². The molecule has 0 radical (unpaired) electrons. The van der Waals surface area contributed by atoms with Crippen molar-refractivity contribution in [1.29, 1.82) is 0 Å². The summed E-state index contributed by atoms with van der Waals surface area (Å²) in [5, 5.41) is 0. The zero-order valence-corrected chi connectivity index (χ0v) is 13.5. The SMILES string of the molecule is CC12C=C(C=O)C=C1C1CCC3CCCCC3(C)C1CC2. The smallest absolute Gasteiger partial charge is 0.149 e. The van der Waals surface area contributed by atoms with E-state index in [0.717, 1.165) is 29.6 Å². The summed E-state index contributed by atoms with van der Waals surface area (Å²) in [6, 6.07) is 0. The molecule has 4 aliphatic carbocycles. The molecule has 5 unspecified atom stereocenters. The average Bonchev–Trinajstić information content (AvgIpc) is 2.83. The number of aldehydes is 1. The van der Waals surface area contributed by atoms with Gasteiger partial charge in [-0.25, -0.2) is 0 Å². The molecule has 3 saturated carbocycles. The van der Waals surface area contributed by atoms with E-state index in [4.69, 9.17) is 0 Å². The second-order valence-corrected chi connectivity index (χ2v) is 8.56. The number of hydrogen-bond acceptors (Lipinski definition) is 1. The van der Waals surface area contributed by atoms with Crippen LogP contribution in [0.1, 0.15) is 65.2 Å². The molecule has 0 aliphatic heterocycles. The normalized spacial score (nSPS) is 48.6. The van der Waals surface area contributed by atoms with Crippen LogP contribution in [0.3, 0.4) is 0 Å². The molecule has 5 atom stereocenters. The molecular formula is C20H28O. The zero-order valence-electron chi connectivity index (χ0n) is 13.5. The van der Waals surface area contributed by atoms with Crippen LogP contribution in [0.25, 0.3) is 0 Å². The van der Waals surface area contributed by atoms with Gasteiger partial charge in [0.15, 0.2) is 0 Å². The van der Waals surface area contributed by atoms with Gasteiger partial charge in [0.2, 0.25) is 0 Å². The van der Waals surface area contributed by atoms with E-state index in [1.54, 1.807) is 5.57 Å². The van der Waals surface area contributed by atoms with E-state index in [0.29, 0.717) is 5.41 Å². The maximum atomic E-state index is 11.2. The van der Waals surface area contributed by atoms with E-state index in [2.05, 4.69) is 26.0 Å². The Labute approximate surface area is 128 Å². The van der Waals surface area contributed by atoms with Gasteiger partial charge >= 0.3 is 0 Å². The highest BCUT2D eigenvalue weighted by atomic mass is 16.1. The Morgan fingerprint density at radius 1 is 1.10 bits per heavy atom. The van der Waals surface area contributed by atoms with Crippen molar-refractivity contribution in [2.45, 2.75) is 65.2 Å². The molecule has 4 rings (SSSR count). The maximum absolute atomic E-state index is 11.2. The van der Waals surface area contributed by atoms with Crippen molar-refractivity contribution in [3.63, 3.8) is 0 Å². The number of hydrogen-bond donors (Lipinski definition) is 0. The molecule has 0 aromatic heterocycles. The summed E-state index contributed by atoms with van der Waals surface area (Å²) in [5.41, 5.74) is 3.30. The second kappa shape index (κ2) is 4.57. The van der Waals surface area contributed by atoms with E-state index in [-0.39, 0.29) is 5.41 Å². The predicted molar refractivity (Wildman–Crippen MR) is 85.9 cm³/mol. The monoisotopic (exact) mass is 284 g/mol. The lowest BCUT2D eigenvalue weighted by molar-refractivity contribution is -0.104. The van der Waals surface area contributed by atoms with Gasteiger partial charge in [0.25, 0.3) is 0 Å². The molecule has 4 aliphatic rings. The number of carbonyl (C=O) groups excluding carboxylic acids is 1. The Morgan fingerprint density at radius 3 is 2.76 bits per heavy atom. The van der Waals surface area contributed by atoms with Crippen LogP contribution in [0.15, 0.2) is 23.3 Å². The van der Waals surface area contributed by atoms with Crippen LogP contribution >= 0.6 is 0 Å². The summed E-state index contributed by atoms with van der Waals surface area (Å²) in [6.07, 6.45) is 16.8. The highest BCUT2D eigenvalue weighted by Crippen LogP contribution is 2.64. The molecule has 0 spiro atoms. The molecule has 1 heteroatoms. The first-order valence-corrected chi connectivity index (χ1v) is 8.97. The molecule has 0 heterocycles. The Morgan fingerprint density at radius 2 is 1.95 bits per heavy atom. The van der Waals surface area contributed by atoms with Gasteiger partial charge in [-0.15, -0.1) is 0 Å². The Balaban J connectivity index is 1.70. The van der Waals surface area contributed by atoms with Crippen molar-refractivity contribution >= 4 is 6.29 Å². The van der Waals surface area contributed by atoms with Crippen molar-refractivity contribution < 1.29 is 4.79 Å². The van der Waals surface area contributed by atoms with E-state index in [1.165, 1.54) is 51.4 Å². The first-order chi connectivity index (χ1) is 10.1. The third kappa shape index (κ3) is 1.85. The lowest BCUT2D eigenvalue weighted by Gasteiger charge is -2.58. The summed E-state index contributed by atoms with van der Waals surface area (Å²) in [7, 11) is 0. The van der Waals surface area contributed by atoms with Crippen molar-refractivity contribution in [1.82, 2.24) is 0 Å². The molecule has 3 fully saturated rings. The van der Waals surface area contributed by atoms with Crippen molar-refractivity contribution in [2.24, 2.45) is 28.6 Å². The molecule has 0 N–H and O–H groups in total. The highest BCUT2D eigenvalue weighted by Gasteiger charge is 2.54. The van der Waals surface area contributed by atoms with E-state index in [9.17, 15) is 4.79 Å². The Hall–Kier alpha value is -0.850. The summed E-state index contributed by atoms with van der Waals surface area (Å²) < 4.78 is 0. The zero-order chi connectivity index (χ0) is 14.7. The molecule has 0 amide bonds. The van der Waals surface area contributed by atoms with Gasteiger partial charge in [-0.2, -0.15) is 0 Å². The van der Waals surface area contributed by atoms with Crippen LogP contribution in [0.5, 0.6) is 0 Å². The average molecular weight is 284 g/mol. The van der Waals surface area contributed by atoms with Gasteiger partial charge in [0.1, 0.15) is 6.29 Å². The first-order valence-electron chi connectivity index (χ1n) is 8.97. The predicted octanol–water partition coefficient (Wildman–Crippen LogP) is 5.07. The fourth-order valence-corrected chi connectivity index (χ4v) is 6.45. The third-order valence-corrected chi connectivity index (χ3v) is 7.59. The van der Waals surface area contributed by atoms with Crippen molar-refractivity contribution in [2.75, 3.05) is 0 Å². The van der Waals surface area contributed by atoms with Crippen LogP contribution < -0.4 is 0 Å². The van der Waals surface area contributed by atoms with Crippen molar-refractivity contribution in [3.8, 4) is 0 Å². The van der Waals surface area contributed by atoms with Crippen LogP contribution in [-0.2, 0) is 4.79 Å². The van der Waals surface area contributed by atoms with Crippen LogP contribution in [0, 0.1) is 28.6 Å². The molecular weight excluding hydrogens is 256 g/mol. The minimum absolute atomic E-state index is 0.190. The molecule has 114 valence electrons. The van der Waals surface area contributed by atoms with Gasteiger partial charge in [0, 0.05) is 11.0 Å². The summed E-state index contributed by atoms with van der Waals surface area (Å²) in [4.78, 5) is 11.2. The lowest BCUT2D eigenvalue weighted by atomic mass is 9.47. The summed E-state index contributed by atoms with van der Waals surface area (Å²) in [5.74, 6) is 2.59. The largest absolute Gasteiger partial charge is 0.298 e. The third-order valence-electron chi connectivity index (χ3n) is 7.59. The van der Waals surface area contributed by atoms with Crippen LogP contribution in [0.4, 0.5) is 0 Å². The number of carbonyl (C=O) groups is 1.